The van der Waals surface area contributed by atoms with Crippen molar-refractivity contribution in [2.75, 3.05) is 32.8 Å². The molecular formula is C21H27FN2O3. The number of amides is 2. The highest BCUT2D eigenvalue weighted by Crippen LogP contribution is 2.50. The lowest BCUT2D eigenvalue weighted by molar-refractivity contribution is -0.143. The molecule has 0 radical (unpaired) electrons. The van der Waals surface area contributed by atoms with Crippen LogP contribution in [-0.4, -0.2) is 59.5 Å². The van der Waals surface area contributed by atoms with Gasteiger partial charge in [-0.2, -0.15) is 0 Å². The first-order valence-corrected chi connectivity index (χ1v) is 9.92. The Morgan fingerprint density at radius 1 is 1.07 bits per heavy atom. The zero-order valence-electron chi connectivity index (χ0n) is 15.6. The molecule has 3 aliphatic rings. The highest BCUT2D eigenvalue weighted by molar-refractivity contribution is 5.91. The largest absolute Gasteiger partial charge is 0.395 e. The number of carbonyl (C=O) groups excluding carboxylic acids is 2. The average Bonchev–Trinajstić information content (AvgIpc) is 3.48. The van der Waals surface area contributed by atoms with Crippen molar-refractivity contribution in [1.82, 2.24) is 9.80 Å². The maximum Gasteiger partial charge on any atom is 0.233 e. The Morgan fingerprint density at radius 2 is 1.74 bits per heavy atom. The van der Waals surface area contributed by atoms with Crippen molar-refractivity contribution in [2.24, 2.45) is 5.41 Å². The van der Waals surface area contributed by atoms with Crippen LogP contribution in [-0.2, 0) is 15.0 Å². The molecule has 2 amide bonds. The maximum absolute atomic E-state index is 13.2. The van der Waals surface area contributed by atoms with Gasteiger partial charge in [0.1, 0.15) is 5.82 Å². The predicted molar refractivity (Wildman–Crippen MR) is 98.5 cm³/mol. The van der Waals surface area contributed by atoms with Crippen LogP contribution in [0.4, 0.5) is 4.39 Å². The van der Waals surface area contributed by atoms with Gasteiger partial charge in [0.2, 0.25) is 11.8 Å². The molecule has 0 bridgehead atoms. The molecule has 1 aromatic rings. The zero-order chi connectivity index (χ0) is 19.1. The van der Waals surface area contributed by atoms with Gasteiger partial charge < -0.3 is 14.9 Å². The number of rotatable bonds is 4. The first-order chi connectivity index (χ1) is 13.0. The standard InChI is InChI=1S/C21H27FN2O3/c22-17-3-1-16(2-4-17)21(7-8-21)19(27)23-11-9-20(10-12-23)6-5-18(26)24(15-20)13-14-25/h1-4,25H,5-15H2. The van der Waals surface area contributed by atoms with Crippen LogP contribution in [0.1, 0.15) is 44.1 Å². The third-order valence-electron chi connectivity index (χ3n) is 6.79. The number of piperidine rings is 2. The Balaban J connectivity index is 1.41. The summed E-state index contributed by atoms with van der Waals surface area (Å²) in [6, 6.07) is 6.35. The van der Waals surface area contributed by atoms with Gasteiger partial charge in [0, 0.05) is 32.6 Å². The molecule has 0 atom stereocenters. The lowest BCUT2D eigenvalue weighted by atomic mass is 9.72. The second kappa shape index (κ2) is 6.89. The number of hydrogen-bond acceptors (Lipinski definition) is 3. The molecule has 1 aromatic carbocycles. The highest BCUT2D eigenvalue weighted by atomic mass is 19.1. The second-order valence-corrected chi connectivity index (χ2v) is 8.42. The minimum Gasteiger partial charge on any atom is -0.395 e. The molecule has 0 aromatic heterocycles. The Labute approximate surface area is 159 Å². The number of β-amino-alcohol motifs (C(OH)–C–C–N with tert-alkyl or cyclic N) is 1. The van der Waals surface area contributed by atoms with Gasteiger partial charge in [0.15, 0.2) is 0 Å². The fourth-order valence-corrected chi connectivity index (χ4v) is 4.84. The molecule has 4 rings (SSSR count). The third-order valence-corrected chi connectivity index (χ3v) is 6.79. The molecular weight excluding hydrogens is 347 g/mol. The van der Waals surface area contributed by atoms with Crippen molar-refractivity contribution in [3.05, 3.63) is 35.6 Å². The van der Waals surface area contributed by atoms with Crippen LogP contribution in [0.25, 0.3) is 0 Å². The van der Waals surface area contributed by atoms with Gasteiger partial charge >= 0.3 is 0 Å². The molecule has 1 aliphatic carbocycles. The smallest absolute Gasteiger partial charge is 0.233 e. The zero-order valence-corrected chi connectivity index (χ0v) is 15.6. The van der Waals surface area contributed by atoms with Crippen molar-refractivity contribution in [2.45, 2.75) is 43.9 Å². The molecule has 3 fully saturated rings. The van der Waals surface area contributed by atoms with E-state index in [1.807, 2.05) is 4.90 Å². The first kappa shape index (κ1) is 18.4. The number of hydrogen-bond donors (Lipinski definition) is 1. The van der Waals surface area contributed by atoms with E-state index in [2.05, 4.69) is 0 Å². The molecule has 2 saturated heterocycles. The van der Waals surface area contributed by atoms with Gasteiger partial charge in [0.25, 0.3) is 0 Å². The quantitative estimate of drug-likeness (QED) is 0.878. The van der Waals surface area contributed by atoms with Crippen molar-refractivity contribution in [3.63, 3.8) is 0 Å². The maximum atomic E-state index is 13.2. The highest BCUT2D eigenvalue weighted by Gasteiger charge is 2.54. The minimum absolute atomic E-state index is 0.00732. The molecule has 1 spiro atoms. The van der Waals surface area contributed by atoms with Crippen LogP contribution in [0.3, 0.4) is 0 Å². The minimum atomic E-state index is -0.455. The summed E-state index contributed by atoms with van der Waals surface area (Å²) in [5.74, 6) is 0.0191. The first-order valence-electron chi connectivity index (χ1n) is 9.92. The van der Waals surface area contributed by atoms with Crippen LogP contribution >= 0.6 is 0 Å². The van der Waals surface area contributed by atoms with Crippen LogP contribution in [0.15, 0.2) is 24.3 Å². The van der Waals surface area contributed by atoms with E-state index in [-0.39, 0.29) is 29.7 Å². The lowest BCUT2D eigenvalue weighted by Gasteiger charge is -2.47. The molecule has 2 heterocycles. The van der Waals surface area contributed by atoms with Crippen molar-refractivity contribution in [1.29, 1.82) is 0 Å². The van der Waals surface area contributed by atoms with E-state index in [1.165, 1.54) is 12.1 Å². The van der Waals surface area contributed by atoms with Crippen LogP contribution in [0, 0.1) is 11.2 Å². The number of carbonyl (C=O) groups is 2. The molecule has 0 unspecified atom stereocenters. The average molecular weight is 374 g/mol. The fraction of sp³-hybridized carbons (Fsp3) is 0.619. The Bertz CT molecular complexity index is 721. The van der Waals surface area contributed by atoms with E-state index in [0.717, 1.165) is 37.7 Å². The van der Waals surface area contributed by atoms with Crippen LogP contribution < -0.4 is 0 Å². The van der Waals surface area contributed by atoms with Crippen molar-refractivity contribution >= 4 is 11.8 Å². The monoisotopic (exact) mass is 374 g/mol. The molecule has 146 valence electrons. The Kier molecular flexibility index (Phi) is 4.70. The third kappa shape index (κ3) is 3.35. The molecule has 27 heavy (non-hydrogen) atoms. The molecule has 6 heteroatoms. The summed E-state index contributed by atoms with van der Waals surface area (Å²) in [6.45, 7) is 2.51. The van der Waals surface area contributed by atoms with Gasteiger partial charge in [-0.1, -0.05) is 12.1 Å². The van der Waals surface area contributed by atoms with E-state index < -0.39 is 5.41 Å². The summed E-state index contributed by atoms with van der Waals surface area (Å²) in [6.07, 6.45) is 4.86. The van der Waals surface area contributed by atoms with Gasteiger partial charge in [-0.05, 0) is 55.2 Å². The van der Waals surface area contributed by atoms with Crippen LogP contribution in [0.5, 0.6) is 0 Å². The molecule has 1 N–H and O–H groups in total. The number of likely N-dealkylation sites (tertiary alicyclic amines) is 2. The lowest BCUT2D eigenvalue weighted by Crippen LogP contribution is -2.54. The number of aliphatic hydroxyl groups excluding tert-OH is 1. The fourth-order valence-electron chi connectivity index (χ4n) is 4.84. The Morgan fingerprint density at radius 3 is 2.33 bits per heavy atom. The van der Waals surface area contributed by atoms with Gasteiger partial charge in [0.05, 0.1) is 12.0 Å². The summed E-state index contributed by atoms with van der Waals surface area (Å²) in [4.78, 5) is 29.0. The summed E-state index contributed by atoms with van der Waals surface area (Å²) in [7, 11) is 0. The topological polar surface area (TPSA) is 60.9 Å². The number of nitrogens with zero attached hydrogens (tertiary/aromatic N) is 2. The van der Waals surface area contributed by atoms with Gasteiger partial charge in [-0.15, -0.1) is 0 Å². The Hall–Kier alpha value is -1.95. The SMILES string of the molecule is O=C1CCC2(CCN(C(=O)C3(c4ccc(F)cc4)CC3)CC2)CN1CCO. The predicted octanol–water partition coefficient (Wildman–Crippen LogP) is 2.08. The molecule has 2 aliphatic heterocycles. The second-order valence-electron chi connectivity index (χ2n) is 8.42. The normalized spacial score (nSPS) is 23.6. The van der Waals surface area contributed by atoms with E-state index in [4.69, 9.17) is 0 Å². The number of halogens is 1. The number of benzene rings is 1. The summed E-state index contributed by atoms with van der Waals surface area (Å²) < 4.78 is 13.2. The van der Waals surface area contributed by atoms with E-state index in [1.54, 1.807) is 17.0 Å². The van der Waals surface area contributed by atoms with Crippen molar-refractivity contribution in [3.8, 4) is 0 Å². The number of aliphatic hydroxyl groups is 1. The molecule has 1 saturated carbocycles. The summed E-state index contributed by atoms with van der Waals surface area (Å²) >= 11 is 0. The van der Waals surface area contributed by atoms with E-state index >= 15 is 0 Å². The van der Waals surface area contributed by atoms with Crippen molar-refractivity contribution < 1.29 is 19.1 Å². The van der Waals surface area contributed by atoms with E-state index in [9.17, 15) is 19.1 Å². The van der Waals surface area contributed by atoms with Gasteiger partial charge in [-0.25, -0.2) is 4.39 Å². The molecule has 5 nitrogen and oxygen atoms in total. The van der Waals surface area contributed by atoms with Gasteiger partial charge in [-0.3, -0.25) is 9.59 Å². The summed E-state index contributed by atoms with van der Waals surface area (Å²) in [5.41, 5.74) is 0.544. The summed E-state index contributed by atoms with van der Waals surface area (Å²) in [5, 5.41) is 9.19. The van der Waals surface area contributed by atoms with Crippen LogP contribution in [0.2, 0.25) is 0 Å². The van der Waals surface area contributed by atoms with E-state index in [0.29, 0.717) is 32.6 Å².